The monoisotopic (exact) mass is 294 g/mol. The summed E-state index contributed by atoms with van der Waals surface area (Å²) in [5, 5.41) is 4.87. The van der Waals surface area contributed by atoms with Crippen LogP contribution in [0.1, 0.15) is 11.1 Å². The van der Waals surface area contributed by atoms with Crippen LogP contribution >= 0.6 is 0 Å². The summed E-state index contributed by atoms with van der Waals surface area (Å²) in [5.74, 6) is 0.967. The van der Waals surface area contributed by atoms with Gasteiger partial charge in [-0.3, -0.25) is 0 Å². The van der Waals surface area contributed by atoms with E-state index < -0.39 is 0 Å². The zero-order valence-corrected chi connectivity index (χ0v) is 13.2. The molecule has 0 bridgehead atoms. The van der Waals surface area contributed by atoms with Gasteiger partial charge in [-0.1, -0.05) is 36.4 Å². The summed E-state index contributed by atoms with van der Waals surface area (Å²) < 4.78 is 7.58. The SMILES string of the molecule is COc1ccccc1CCNCc1cn(C)c2ccccc12. The standard InChI is InChI=1S/C19H22N2O/c1-21-14-16(17-8-4-5-9-18(17)21)13-20-12-11-15-7-3-6-10-19(15)22-2/h3-10,14,20H,11-13H2,1-2H3. The fourth-order valence-electron chi connectivity index (χ4n) is 2.92. The predicted octanol–water partition coefficient (Wildman–Crippen LogP) is 3.52. The summed E-state index contributed by atoms with van der Waals surface area (Å²) in [6.07, 6.45) is 3.18. The molecule has 3 rings (SSSR count). The van der Waals surface area contributed by atoms with Crippen molar-refractivity contribution in [1.29, 1.82) is 0 Å². The lowest BCUT2D eigenvalue weighted by Crippen LogP contribution is -2.16. The lowest BCUT2D eigenvalue weighted by atomic mass is 10.1. The van der Waals surface area contributed by atoms with Crippen LogP contribution in [0.15, 0.2) is 54.7 Å². The van der Waals surface area contributed by atoms with Gasteiger partial charge < -0.3 is 14.6 Å². The Balaban J connectivity index is 1.61. The number of aryl methyl sites for hydroxylation is 1. The summed E-state index contributed by atoms with van der Waals surface area (Å²) in [7, 11) is 3.82. The van der Waals surface area contributed by atoms with E-state index in [1.807, 2.05) is 12.1 Å². The molecule has 3 nitrogen and oxygen atoms in total. The minimum atomic E-state index is 0.885. The molecule has 0 amide bonds. The van der Waals surface area contributed by atoms with Gasteiger partial charge in [-0.15, -0.1) is 0 Å². The first-order chi connectivity index (χ1) is 10.8. The third-order valence-electron chi connectivity index (χ3n) is 4.06. The average molecular weight is 294 g/mol. The molecule has 0 saturated heterocycles. The molecule has 0 atom stereocenters. The number of hydrogen-bond donors (Lipinski definition) is 1. The number of rotatable bonds is 6. The Morgan fingerprint density at radius 3 is 2.64 bits per heavy atom. The summed E-state index contributed by atoms with van der Waals surface area (Å²) >= 11 is 0. The molecule has 22 heavy (non-hydrogen) atoms. The maximum atomic E-state index is 5.39. The summed E-state index contributed by atoms with van der Waals surface area (Å²) in [6.45, 7) is 1.82. The number of methoxy groups -OCH3 is 1. The molecule has 114 valence electrons. The molecule has 0 unspecified atom stereocenters. The molecule has 2 aromatic carbocycles. The summed E-state index contributed by atoms with van der Waals surface area (Å²) in [4.78, 5) is 0. The van der Waals surface area contributed by atoms with Crippen molar-refractivity contribution in [2.24, 2.45) is 7.05 Å². The van der Waals surface area contributed by atoms with Gasteiger partial charge in [0.25, 0.3) is 0 Å². The van der Waals surface area contributed by atoms with Gasteiger partial charge in [0, 0.05) is 30.7 Å². The van der Waals surface area contributed by atoms with Gasteiger partial charge in [0.1, 0.15) is 5.75 Å². The number of ether oxygens (including phenoxy) is 1. The van der Waals surface area contributed by atoms with Crippen LogP contribution in [0.5, 0.6) is 5.75 Å². The van der Waals surface area contributed by atoms with Crippen molar-refractivity contribution in [1.82, 2.24) is 9.88 Å². The van der Waals surface area contributed by atoms with Crippen LogP contribution in [0.4, 0.5) is 0 Å². The van der Waals surface area contributed by atoms with Crippen molar-refractivity contribution in [3.8, 4) is 5.75 Å². The van der Waals surface area contributed by atoms with Crippen molar-refractivity contribution >= 4 is 10.9 Å². The lowest BCUT2D eigenvalue weighted by molar-refractivity contribution is 0.409. The van der Waals surface area contributed by atoms with E-state index in [4.69, 9.17) is 4.74 Å². The number of aromatic nitrogens is 1. The van der Waals surface area contributed by atoms with Gasteiger partial charge in [-0.05, 0) is 36.2 Å². The number of hydrogen-bond acceptors (Lipinski definition) is 2. The minimum absolute atomic E-state index is 0.885. The van der Waals surface area contributed by atoms with Crippen LogP contribution in [-0.2, 0) is 20.0 Å². The maximum Gasteiger partial charge on any atom is 0.122 e. The molecular formula is C19H22N2O. The zero-order valence-electron chi connectivity index (χ0n) is 13.2. The summed E-state index contributed by atoms with van der Waals surface area (Å²) in [6, 6.07) is 16.7. The third kappa shape index (κ3) is 3.00. The van der Waals surface area contributed by atoms with E-state index in [9.17, 15) is 0 Å². The number of para-hydroxylation sites is 2. The Kier molecular flexibility index (Phi) is 4.45. The van der Waals surface area contributed by atoms with Crippen molar-refractivity contribution in [2.75, 3.05) is 13.7 Å². The first-order valence-corrected chi connectivity index (χ1v) is 7.65. The molecule has 0 aliphatic rings. The van der Waals surface area contributed by atoms with Gasteiger partial charge in [-0.25, -0.2) is 0 Å². The fraction of sp³-hybridized carbons (Fsp3) is 0.263. The highest BCUT2D eigenvalue weighted by molar-refractivity contribution is 5.83. The molecule has 0 radical (unpaired) electrons. The number of nitrogens with zero attached hydrogens (tertiary/aromatic N) is 1. The topological polar surface area (TPSA) is 26.2 Å². The molecule has 0 aliphatic carbocycles. The first kappa shape index (κ1) is 14.7. The van der Waals surface area contributed by atoms with Crippen LogP contribution < -0.4 is 10.1 Å². The van der Waals surface area contributed by atoms with E-state index in [2.05, 4.69) is 59.5 Å². The first-order valence-electron chi connectivity index (χ1n) is 7.65. The van der Waals surface area contributed by atoms with Gasteiger partial charge in [0.2, 0.25) is 0 Å². The molecule has 3 heteroatoms. The van der Waals surface area contributed by atoms with Gasteiger partial charge >= 0.3 is 0 Å². The number of nitrogens with one attached hydrogen (secondary N) is 1. The van der Waals surface area contributed by atoms with E-state index in [0.717, 1.165) is 25.3 Å². The van der Waals surface area contributed by atoms with Crippen LogP contribution in [0.3, 0.4) is 0 Å². The average Bonchev–Trinajstić information content (AvgIpc) is 2.89. The van der Waals surface area contributed by atoms with E-state index >= 15 is 0 Å². The van der Waals surface area contributed by atoms with Crippen LogP contribution in [0.25, 0.3) is 10.9 Å². The molecule has 3 aromatic rings. The number of benzene rings is 2. The van der Waals surface area contributed by atoms with Crippen molar-refractivity contribution < 1.29 is 4.74 Å². The Bertz CT molecular complexity index is 761. The third-order valence-corrected chi connectivity index (χ3v) is 4.06. The second-order valence-corrected chi connectivity index (χ2v) is 5.52. The van der Waals surface area contributed by atoms with Crippen LogP contribution in [0, 0.1) is 0 Å². The van der Waals surface area contributed by atoms with Gasteiger partial charge in [-0.2, -0.15) is 0 Å². The molecule has 0 fully saturated rings. The maximum absolute atomic E-state index is 5.39. The molecule has 0 aliphatic heterocycles. The molecule has 0 saturated carbocycles. The Morgan fingerprint density at radius 2 is 1.77 bits per heavy atom. The fourth-order valence-corrected chi connectivity index (χ4v) is 2.92. The highest BCUT2D eigenvalue weighted by Crippen LogP contribution is 2.20. The molecule has 0 spiro atoms. The highest BCUT2D eigenvalue weighted by Gasteiger charge is 2.05. The van der Waals surface area contributed by atoms with Crippen LogP contribution in [-0.4, -0.2) is 18.2 Å². The van der Waals surface area contributed by atoms with E-state index in [-0.39, 0.29) is 0 Å². The van der Waals surface area contributed by atoms with Crippen molar-refractivity contribution in [3.63, 3.8) is 0 Å². The van der Waals surface area contributed by atoms with Gasteiger partial charge in [0.15, 0.2) is 0 Å². The Labute approximate surface area is 131 Å². The van der Waals surface area contributed by atoms with E-state index in [1.165, 1.54) is 22.0 Å². The predicted molar refractivity (Wildman–Crippen MR) is 91.3 cm³/mol. The second-order valence-electron chi connectivity index (χ2n) is 5.52. The number of fused-ring (bicyclic) bond motifs is 1. The molecule has 1 N–H and O–H groups in total. The smallest absolute Gasteiger partial charge is 0.122 e. The summed E-state index contributed by atoms with van der Waals surface area (Å²) in [5.41, 5.74) is 3.87. The largest absolute Gasteiger partial charge is 0.496 e. The Morgan fingerprint density at radius 1 is 1.00 bits per heavy atom. The zero-order chi connectivity index (χ0) is 15.4. The second kappa shape index (κ2) is 6.67. The van der Waals surface area contributed by atoms with Crippen molar-refractivity contribution in [2.45, 2.75) is 13.0 Å². The normalized spacial score (nSPS) is 11.0. The van der Waals surface area contributed by atoms with Gasteiger partial charge in [0.05, 0.1) is 7.11 Å². The quantitative estimate of drug-likeness (QED) is 0.704. The van der Waals surface area contributed by atoms with E-state index in [1.54, 1.807) is 7.11 Å². The Hall–Kier alpha value is -2.26. The molecule has 1 heterocycles. The minimum Gasteiger partial charge on any atom is -0.496 e. The lowest BCUT2D eigenvalue weighted by Gasteiger charge is -2.08. The highest BCUT2D eigenvalue weighted by atomic mass is 16.5. The molecule has 1 aromatic heterocycles. The van der Waals surface area contributed by atoms with Crippen LogP contribution in [0.2, 0.25) is 0 Å². The van der Waals surface area contributed by atoms with Crippen molar-refractivity contribution in [3.05, 3.63) is 65.9 Å². The molecular weight excluding hydrogens is 272 g/mol. The van der Waals surface area contributed by atoms with E-state index in [0.29, 0.717) is 0 Å².